The van der Waals surface area contributed by atoms with E-state index in [0.29, 0.717) is 18.7 Å². The van der Waals surface area contributed by atoms with Gasteiger partial charge in [0.1, 0.15) is 5.78 Å². The summed E-state index contributed by atoms with van der Waals surface area (Å²) >= 11 is 0. The Morgan fingerprint density at radius 3 is 1.60 bits per heavy atom. The van der Waals surface area contributed by atoms with E-state index in [-0.39, 0.29) is 18.9 Å². The maximum Gasteiger partial charge on any atom is 0.397 e. The zero-order chi connectivity index (χ0) is 22.5. The van der Waals surface area contributed by atoms with Crippen molar-refractivity contribution in [2.75, 3.05) is 13.2 Å². The van der Waals surface area contributed by atoms with Crippen LogP contribution in [0.2, 0.25) is 0 Å². The van der Waals surface area contributed by atoms with Crippen LogP contribution in [0.1, 0.15) is 116 Å². The van der Waals surface area contributed by atoms with Crippen LogP contribution in [0.15, 0.2) is 0 Å². The Hall–Kier alpha value is -0.990. The first-order valence-corrected chi connectivity index (χ1v) is 13.1. The van der Waals surface area contributed by atoms with Crippen molar-refractivity contribution in [3.05, 3.63) is 0 Å². The maximum atomic E-state index is 11.4. The molecule has 30 heavy (non-hydrogen) atoms. The minimum Gasteiger partial charge on any atom is -0.356 e. The molecule has 0 aliphatic carbocycles. The van der Waals surface area contributed by atoms with Gasteiger partial charge in [-0.15, -0.1) is 0 Å². The van der Waals surface area contributed by atoms with Gasteiger partial charge in [-0.05, 0) is 12.8 Å². The minimum atomic E-state index is -4.46. The van der Waals surface area contributed by atoms with Gasteiger partial charge in [-0.3, -0.25) is 14.1 Å². The SMILES string of the molecule is CCC(=O)CCCCCCCCCCCCCCCCNC(=O)CCOS(=O)(=O)O. The Morgan fingerprint density at radius 1 is 0.733 bits per heavy atom. The molecule has 0 saturated carbocycles. The molecule has 8 heteroatoms. The van der Waals surface area contributed by atoms with E-state index in [9.17, 15) is 18.0 Å². The second-order valence-electron chi connectivity index (χ2n) is 7.94. The standard InChI is InChI=1S/C22H43NO6S/c1-2-21(24)17-15-13-11-9-7-5-3-4-6-8-10-12-14-16-19-23-22(25)18-20-29-30(26,27)28/h2-20H2,1H3,(H,23,25)(H,26,27,28). The Bertz CT molecular complexity index is 536. The Kier molecular flexibility index (Phi) is 19.3. The Balaban J connectivity index is 3.19. The molecule has 0 aromatic rings. The number of carbonyl (C=O) groups is 2. The molecule has 2 N–H and O–H groups in total. The molecule has 0 radical (unpaired) electrons. The van der Waals surface area contributed by atoms with Crippen LogP contribution in [0.5, 0.6) is 0 Å². The van der Waals surface area contributed by atoms with E-state index in [1.165, 1.54) is 70.6 Å². The fourth-order valence-corrected chi connectivity index (χ4v) is 3.60. The molecule has 0 aromatic heterocycles. The summed E-state index contributed by atoms with van der Waals surface area (Å²) in [4.78, 5) is 22.6. The predicted molar refractivity (Wildman–Crippen MR) is 120 cm³/mol. The molecule has 0 unspecified atom stereocenters. The van der Waals surface area contributed by atoms with Crippen molar-refractivity contribution in [2.45, 2.75) is 116 Å². The van der Waals surface area contributed by atoms with Crippen LogP contribution in [0, 0.1) is 0 Å². The lowest BCUT2D eigenvalue weighted by Gasteiger charge is -2.05. The first kappa shape index (κ1) is 29.0. The molecule has 178 valence electrons. The van der Waals surface area contributed by atoms with Crippen molar-refractivity contribution in [1.82, 2.24) is 5.32 Å². The summed E-state index contributed by atoms with van der Waals surface area (Å²) in [5, 5.41) is 2.71. The number of nitrogens with one attached hydrogen (secondary N) is 1. The third-order valence-corrected chi connectivity index (χ3v) is 5.62. The maximum absolute atomic E-state index is 11.4. The van der Waals surface area contributed by atoms with E-state index >= 15 is 0 Å². The van der Waals surface area contributed by atoms with E-state index < -0.39 is 10.4 Å². The summed E-state index contributed by atoms with van der Waals surface area (Å²) in [6.07, 6.45) is 18.4. The molecule has 7 nitrogen and oxygen atoms in total. The number of Topliss-reactive ketones (excluding diaryl/α,β-unsaturated/α-hetero) is 1. The molecule has 0 aliphatic rings. The van der Waals surface area contributed by atoms with E-state index in [4.69, 9.17) is 4.55 Å². The lowest BCUT2D eigenvalue weighted by atomic mass is 10.0. The molecule has 0 aromatic carbocycles. The van der Waals surface area contributed by atoms with Crippen LogP contribution < -0.4 is 5.32 Å². The normalized spacial score (nSPS) is 11.5. The number of amides is 1. The van der Waals surface area contributed by atoms with Crippen LogP contribution in [-0.4, -0.2) is 37.8 Å². The number of unbranched alkanes of at least 4 members (excludes halogenated alkanes) is 13. The van der Waals surface area contributed by atoms with Gasteiger partial charge in [0, 0.05) is 19.4 Å². The van der Waals surface area contributed by atoms with Crippen molar-refractivity contribution in [1.29, 1.82) is 0 Å². The van der Waals surface area contributed by atoms with Gasteiger partial charge in [0.25, 0.3) is 0 Å². The summed E-state index contributed by atoms with van der Waals surface area (Å²) in [5.74, 6) is 0.119. The highest BCUT2D eigenvalue weighted by Crippen LogP contribution is 2.13. The van der Waals surface area contributed by atoms with E-state index in [2.05, 4.69) is 9.50 Å². The number of carbonyl (C=O) groups excluding carboxylic acids is 2. The van der Waals surface area contributed by atoms with Crippen molar-refractivity contribution < 1.29 is 26.7 Å². The third-order valence-electron chi connectivity index (χ3n) is 5.16. The number of hydrogen-bond donors (Lipinski definition) is 2. The van der Waals surface area contributed by atoms with Gasteiger partial charge < -0.3 is 5.32 Å². The summed E-state index contributed by atoms with van der Waals surface area (Å²) in [6.45, 7) is 2.18. The second-order valence-corrected chi connectivity index (χ2v) is 9.03. The number of hydrogen-bond acceptors (Lipinski definition) is 5. The van der Waals surface area contributed by atoms with Gasteiger partial charge >= 0.3 is 10.4 Å². The minimum absolute atomic E-state index is 0.0836. The molecular weight excluding hydrogens is 406 g/mol. The zero-order valence-corrected chi connectivity index (χ0v) is 19.6. The molecule has 0 atom stereocenters. The van der Waals surface area contributed by atoms with E-state index in [0.717, 1.165) is 25.7 Å². The molecule has 0 bridgehead atoms. The Labute approximate surface area is 183 Å². The monoisotopic (exact) mass is 449 g/mol. The Morgan fingerprint density at radius 2 is 1.17 bits per heavy atom. The van der Waals surface area contributed by atoms with Gasteiger partial charge in [0.15, 0.2) is 0 Å². The highest BCUT2D eigenvalue weighted by atomic mass is 32.3. The summed E-state index contributed by atoms with van der Waals surface area (Å²) in [7, 11) is -4.46. The van der Waals surface area contributed by atoms with E-state index in [1.54, 1.807) is 0 Å². The number of rotatable bonds is 22. The van der Waals surface area contributed by atoms with Crippen molar-refractivity contribution in [2.24, 2.45) is 0 Å². The third kappa shape index (κ3) is 23.3. The first-order valence-electron chi connectivity index (χ1n) is 11.8. The van der Waals surface area contributed by atoms with Gasteiger partial charge in [-0.25, -0.2) is 4.18 Å². The quantitative estimate of drug-likeness (QED) is 0.175. The van der Waals surface area contributed by atoms with Crippen molar-refractivity contribution in [3.8, 4) is 0 Å². The number of ketones is 1. The first-order chi connectivity index (χ1) is 14.3. The lowest BCUT2D eigenvalue weighted by molar-refractivity contribution is -0.121. The topological polar surface area (TPSA) is 110 Å². The fraction of sp³-hybridized carbons (Fsp3) is 0.909. The fourth-order valence-electron chi connectivity index (χ4n) is 3.30. The summed E-state index contributed by atoms with van der Waals surface area (Å²) < 4.78 is 33.2. The smallest absolute Gasteiger partial charge is 0.356 e. The van der Waals surface area contributed by atoms with Gasteiger partial charge in [-0.1, -0.05) is 84.0 Å². The molecule has 0 fully saturated rings. The predicted octanol–water partition coefficient (Wildman–Crippen LogP) is 5.14. The molecule has 0 heterocycles. The second kappa shape index (κ2) is 19.9. The molecule has 0 saturated heterocycles. The van der Waals surface area contributed by atoms with Gasteiger partial charge in [0.2, 0.25) is 5.91 Å². The van der Waals surface area contributed by atoms with Crippen molar-refractivity contribution >= 4 is 22.1 Å². The highest BCUT2D eigenvalue weighted by molar-refractivity contribution is 7.80. The molecular formula is C22H43NO6S. The average Bonchev–Trinajstić information content (AvgIpc) is 2.69. The highest BCUT2D eigenvalue weighted by Gasteiger charge is 2.06. The van der Waals surface area contributed by atoms with Crippen LogP contribution in [-0.2, 0) is 24.2 Å². The zero-order valence-electron chi connectivity index (χ0n) is 18.8. The molecule has 0 aliphatic heterocycles. The van der Waals surface area contributed by atoms with Crippen LogP contribution in [0.4, 0.5) is 0 Å². The van der Waals surface area contributed by atoms with Crippen LogP contribution in [0.25, 0.3) is 0 Å². The van der Waals surface area contributed by atoms with Gasteiger partial charge in [0.05, 0.1) is 13.0 Å². The van der Waals surface area contributed by atoms with Crippen molar-refractivity contribution in [3.63, 3.8) is 0 Å². The average molecular weight is 450 g/mol. The summed E-state index contributed by atoms with van der Waals surface area (Å²) in [6, 6.07) is 0. The van der Waals surface area contributed by atoms with Gasteiger partial charge in [-0.2, -0.15) is 8.42 Å². The molecule has 0 rings (SSSR count). The largest absolute Gasteiger partial charge is 0.397 e. The van der Waals surface area contributed by atoms with E-state index in [1.807, 2.05) is 6.92 Å². The lowest BCUT2D eigenvalue weighted by Crippen LogP contribution is -2.25. The summed E-state index contributed by atoms with van der Waals surface area (Å²) in [5.41, 5.74) is 0. The molecule has 1 amide bonds. The van der Waals surface area contributed by atoms with Crippen LogP contribution >= 0.6 is 0 Å². The van der Waals surface area contributed by atoms with Crippen LogP contribution in [0.3, 0.4) is 0 Å². The molecule has 0 spiro atoms.